The van der Waals surface area contributed by atoms with E-state index >= 15 is 0 Å². The molecule has 0 radical (unpaired) electrons. The molecule has 2 nitrogen and oxygen atoms in total. The molecular weight excluding hydrogens is 284 g/mol. The average molecular weight is 314 g/mol. The van der Waals surface area contributed by atoms with E-state index in [0.717, 1.165) is 31.2 Å². The summed E-state index contributed by atoms with van der Waals surface area (Å²) in [6.07, 6.45) is 12.8. The van der Waals surface area contributed by atoms with Gasteiger partial charge in [0.25, 0.3) is 0 Å². The van der Waals surface area contributed by atoms with Gasteiger partial charge in [0, 0.05) is 5.56 Å². The number of phenolic OH excluding ortho intramolecular Hbond substituents is 2. The zero-order valence-corrected chi connectivity index (χ0v) is 14.9. The van der Waals surface area contributed by atoms with Crippen molar-refractivity contribution in [1.82, 2.24) is 0 Å². The molecule has 0 amide bonds. The number of allylic oxidation sites excluding steroid dienone is 6. The Morgan fingerprint density at radius 2 is 1.65 bits per heavy atom. The molecule has 126 valence electrons. The van der Waals surface area contributed by atoms with Crippen LogP contribution in [0.15, 0.2) is 47.6 Å². The van der Waals surface area contributed by atoms with E-state index in [1.54, 1.807) is 12.1 Å². The van der Waals surface area contributed by atoms with Crippen molar-refractivity contribution in [3.8, 4) is 11.5 Å². The van der Waals surface area contributed by atoms with Gasteiger partial charge in [-0.25, -0.2) is 0 Å². The first kappa shape index (κ1) is 19.1. The second-order valence-corrected chi connectivity index (χ2v) is 6.30. The van der Waals surface area contributed by atoms with E-state index in [-0.39, 0.29) is 11.5 Å². The summed E-state index contributed by atoms with van der Waals surface area (Å²) in [5.74, 6) is 0.377. The Morgan fingerprint density at radius 1 is 1.00 bits per heavy atom. The lowest BCUT2D eigenvalue weighted by Crippen LogP contribution is -1.90. The van der Waals surface area contributed by atoms with Crippen LogP contribution in [0.5, 0.6) is 11.5 Å². The molecule has 0 saturated heterocycles. The minimum absolute atomic E-state index is 0.189. The summed E-state index contributed by atoms with van der Waals surface area (Å²) >= 11 is 0. The Labute approximate surface area is 140 Å². The molecule has 2 N–H and O–H groups in total. The van der Waals surface area contributed by atoms with Crippen LogP contribution < -0.4 is 0 Å². The Hall–Kier alpha value is -1.96. The third kappa shape index (κ3) is 7.23. The Morgan fingerprint density at radius 3 is 2.22 bits per heavy atom. The largest absolute Gasteiger partial charge is 0.508 e. The summed E-state index contributed by atoms with van der Waals surface area (Å²) in [5.41, 5.74) is 4.19. The lowest BCUT2D eigenvalue weighted by molar-refractivity contribution is 0.439. The highest BCUT2D eigenvalue weighted by Gasteiger charge is 2.08. The molecule has 0 spiro atoms. The molecule has 1 aromatic rings. The molecular formula is C21H30O2. The highest BCUT2D eigenvalue weighted by Crippen LogP contribution is 2.30. The van der Waals surface area contributed by atoms with E-state index in [2.05, 4.69) is 39.0 Å². The maximum Gasteiger partial charge on any atom is 0.123 e. The predicted molar refractivity (Wildman–Crippen MR) is 99.0 cm³/mol. The number of hydrogen-bond acceptors (Lipinski definition) is 2. The van der Waals surface area contributed by atoms with Crippen molar-refractivity contribution in [3.63, 3.8) is 0 Å². The summed E-state index contributed by atoms with van der Waals surface area (Å²) in [7, 11) is 0. The van der Waals surface area contributed by atoms with E-state index in [1.807, 2.05) is 13.0 Å². The third-order valence-corrected chi connectivity index (χ3v) is 3.84. The number of aryl methyl sites for hydroxylation is 1. The van der Waals surface area contributed by atoms with Crippen molar-refractivity contribution in [2.75, 3.05) is 0 Å². The summed E-state index contributed by atoms with van der Waals surface area (Å²) in [6.45, 7) is 8.29. The highest BCUT2D eigenvalue weighted by atomic mass is 16.3. The number of rotatable bonds is 8. The van der Waals surface area contributed by atoms with Crippen molar-refractivity contribution >= 4 is 0 Å². The molecule has 0 aliphatic rings. The number of benzene rings is 1. The average Bonchev–Trinajstić information content (AvgIpc) is 2.46. The van der Waals surface area contributed by atoms with Crippen molar-refractivity contribution in [2.45, 2.75) is 59.8 Å². The van der Waals surface area contributed by atoms with Crippen LogP contribution in [0.1, 0.15) is 58.1 Å². The summed E-state index contributed by atoms with van der Waals surface area (Å²) in [4.78, 5) is 0. The standard InChI is InChI=1S/C21H30O2/c1-5-6-7-11-18-14-20(22)19(21(23)15-18)13-12-17(4)10-8-9-16(2)3/h5-6,9,12,14-15,22-23H,7-8,10-11,13H2,1-4H3/b6-5+,17-12+. The van der Waals surface area contributed by atoms with Crippen molar-refractivity contribution in [2.24, 2.45) is 0 Å². The summed E-state index contributed by atoms with van der Waals surface area (Å²) < 4.78 is 0. The van der Waals surface area contributed by atoms with Crippen LogP contribution in [-0.4, -0.2) is 10.2 Å². The van der Waals surface area contributed by atoms with Gasteiger partial charge in [-0.05, 0) is 77.5 Å². The summed E-state index contributed by atoms with van der Waals surface area (Å²) in [6, 6.07) is 3.54. The molecule has 0 aliphatic heterocycles. The van der Waals surface area contributed by atoms with Gasteiger partial charge in [0.2, 0.25) is 0 Å². The number of phenols is 2. The van der Waals surface area contributed by atoms with Gasteiger partial charge in [0.1, 0.15) is 11.5 Å². The van der Waals surface area contributed by atoms with Gasteiger partial charge in [0.15, 0.2) is 0 Å². The molecule has 1 rings (SSSR count). The van der Waals surface area contributed by atoms with Gasteiger partial charge >= 0.3 is 0 Å². The predicted octanol–water partition coefficient (Wildman–Crippen LogP) is 5.84. The molecule has 0 saturated carbocycles. The van der Waals surface area contributed by atoms with Crippen LogP contribution in [0.3, 0.4) is 0 Å². The monoisotopic (exact) mass is 314 g/mol. The van der Waals surface area contributed by atoms with Crippen molar-refractivity contribution < 1.29 is 10.2 Å². The summed E-state index contributed by atoms with van der Waals surface area (Å²) in [5, 5.41) is 20.3. The normalized spacial score (nSPS) is 11.9. The SMILES string of the molecule is C/C=C/CCc1cc(O)c(C/C=C(\C)CCC=C(C)C)c(O)c1. The molecule has 0 aromatic heterocycles. The minimum Gasteiger partial charge on any atom is -0.508 e. The van der Waals surface area contributed by atoms with Crippen LogP contribution in [0.25, 0.3) is 0 Å². The van der Waals surface area contributed by atoms with Crippen molar-refractivity contribution in [3.05, 3.63) is 58.7 Å². The molecule has 0 atom stereocenters. The fourth-order valence-corrected chi connectivity index (χ4v) is 2.44. The van der Waals surface area contributed by atoms with E-state index in [4.69, 9.17) is 0 Å². The van der Waals surface area contributed by atoms with Crippen LogP contribution in [-0.2, 0) is 12.8 Å². The van der Waals surface area contributed by atoms with Crippen LogP contribution in [0.4, 0.5) is 0 Å². The van der Waals surface area contributed by atoms with Crippen molar-refractivity contribution in [1.29, 1.82) is 0 Å². The van der Waals surface area contributed by atoms with Gasteiger partial charge in [-0.2, -0.15) is 0 Å². The Kier molecular flexibility index (Phi) is 8.25. The number of hydrogen-bond donors (Lipinski definition) is 2. The quantitative estimate of drug-likeness (QED) is 0.592. The van der Waals surface area contributed by atoms with Crippen LogP contribution >= 0.6 is 0 Å². The van der Waals surface area contributed by atoms with Gasteiger partial charge in [-0.3, -0.25) is 0 Å². The van der Waals surface area contributed by atoms with Gasteiger partial charge < -0.3 is 10.2 Å². The lowest BCUT2D eigenvalue weighted by atomic mass is 10.0. The molecule has 0 fully saturated rings. The topological polar surface area (TPSA) is 40.5 Å². The smallest absolute Gasteiger partial charge is 0.123 e. The Balaban J connectivity index is 2.71. The van der Waals surface area contributed by atoms with E-state index in [0.29, 0.717) is 12.0 Å². The number of aromatic hydroxyl groups is 2. The maximum absolute atomic E-state index is 10.2. The highest BCUT2D eigenvalue weighted by molar-refractivity contribution is 5.47. The van der Waals surface area contributed by atoms with Crippen LogP contribution in [0.2, 0.25) is 0 Å². The van der Waals surface area contributed by atoms with Gasteiger partial charge in [-0.15, -0.1) is 0 Å². The minimum atomic E-state index is 0.189. The fourth-order valence-electron chi connectivity index (χ4n) is 2.44. The second kappa shape index (κ2) is 9.94. The molecule has 23 heavy (non-hydrogen) atoms. The first-order valence-corrected chi connectivity index (χ1v) is 8.38. The molecule has 1 aromatic carbocycles. The van der Waals surface area contributed by atoms with E-state index in [9.17, 15) is 10.2 Å². The molecule has 0 unspecified atom stereocenters. The van der Waals surface area contributed by atoms with Gasteiger partial charge in [0.05, 0.1) is 0 Å². The van der Waals surface area contributed by atoms with E-state index < -0.39 is 0 Å². The molecule has 0 aliphatic carbocycles. The lowest BCUT2D eigenvalue weighted by Gasteiger charge is -2.09. The second-order valence-electron chi connectivity index (χ2n) is 6.30. The zero-order chi connectivity index (χ0) is 17.2. The zero-order valence-electron chi connectivity index (χ0n) is 14.9. The maximum atomic E-state index is 10.2. The molecule has 0 bridgehead atoms. The van der Waals surface area contributed by atoms with E-state index in [1.165, 1.54) is 11.1 Å². The van der Waals surface area contributed by atoms with Crippen LogP contribution in [0, 0.1) is 0 Å². The first-order valence-electron chi connectivity index (χ1n) is 8.38. The molecule has 2 heteroatoms. The first-order chi connectivity index (χ1) is 10.9. The fraction of sp³-hybridized carbons (Fsp3) is 0.429. The third-order valence-electron chi connectivity index (χ3n) is 3.84. The molecule has 0 heterocycles. The van der Waals surface area contributed by atoms with Gasteiger partial charge in [-0.1, -0.05) is 35.5 Å². The Bertz CT molecular complexity index is 565.